The first-order chi connectivity index (χ1) is 11.7. The Morgan fingerprint density at radius 1 is 1.21 bits per heavy atom. The lowest BCUT2D eigenvalue weighted by Crippen LogP contribution is -2.34. The largest absolute Gasteiger partial charge is 0.360 e. The number of benzene rings is 1. The Kier molecular flexibility index (Phi) is 4.31. The average molecular weight is 362 g/mol. The van der Waals surface area contributed by atoms with Crippen LogP contribution in [0.2, 0.25) is 5.02 Å². The molecule has 5 nitrogen and oxygen atoms in total. The molecule has 7 heteroatoms. The lowest BCUT2D eigenvalue weighted by molar-refractivity contribution is 0.347. The quantitative estimate of drug-likeness (QED) is 0.682. The van der Waals surface area contributed by atoms with Crippen molar-refractivity contribution in [2.24, 2.45) is 0 Å². The summed E-state index contributed by atoms with van der Waals surface area (Å²) in [6, 6.07) is 8.43. The smallest absolute Gasteiger partial charge is 0.223 e. The molecule has 0 aliphatic carbocycles. The Bertz CT molecular complexity index is 855. The molecular formula is C17H17Cl2N5. The van der Waals surface area contributed by atoms with E-state index in [0.29, 0.717) is 17.0 Å². The van der Waals surface area contributed by atoms with Gasteiger partial charge in [0.05, 0.1) is 16.9 Å². The highest BCUT2D eigenvalue weighted by molar-refractivity contribution is 6.33. The number of aromatic amines is 1. The predicted molar refractivity (Wildman–Crippen MR) is 98.4 cm³/mol. The summed E-state index contributed by atoms with van der Waals surface area (Å²) in [4.78, 5) is 12.2. The van der Waals surface area contributed by atoms with E-state index >= 15 is 0 Å². The van der Waals surface area contributed by atoms with Gasteiger partial charge in [-0.3, -0.25) is 0 Å². The first-order valence-corrected chi connectivity index (χ1v) is 8.68. The van der Waals surface area contributed by atoms with Gasteiger partial charge >= 0.3 is 0 Å². The number of nitrogens with zero attached hydrogens (tertiary/aromatic N) is 3. The molecule has 1 aliphatic rings. The number of hydrogen-bond acceptors (Lipinski definition) is 4. The molecule has 0 atom stereocenters. The molecule has 0 radical (unpaired) electrons. The minimum Gasteiger partial charge on any atom is -0.360 e. The number of hydrogen-bond donors (Lipinski definition) is 2. The third-order valence-electron chi connectivity index (χ3n) is 4.36. The maximum atomic E-state index is 6.36. The molecule has 1 fully saturated rings. The molecule has 1 saturated heterocycles. The summed E-state index contributed by atoms with van der Waals surface area (Å²) in [6.45, 7) is 1.73. The van der Waals surface area contributed by atoms with Crippen molar-refractivity contribution in [1.29, 1.82) is 0 Å². The number of aromatic nitrogens is 3. The molecule has 3 aromatic rings. The number of fused-ring (bicyclic) bond motifs is 1. The van der Waals surface area contributed by atoms with Gasteiger partial charge in [0.25, 0.3) is 0 Å². The van der Waals surface area contributed by atoms with Crippen LogP contribution in [0.15, 0.2) is 36.7 Å². The number of piperidine rings is 1. The van der Waals surface area contributed by atoms with Gasteiger partial charge in [0.1, 0.15) is 0 Å². The van der Waals surface area contributed by atoms with Crippen molar-refractivity contribution in [1.82, 2.24) is 19.4 Å². The van der Waals surface area contributed by atoms with Crippen molar-refractivity contribution >= 4 is 40.2 Å². The maximum absolute atomic E-state index is 6.36. The lowest BCUT2D eigenvalue weighted by atomic mass is 10.1. The van der Waals surface area contributed by atoms with Gasteiger partial charge in [-0.2, -0.15) is 0 Å². The molecule has 0 amide bonds. The second kappa shape index (κ2) is 6.59. The molecule has 0 bridgehead atoms. The zero-order valence-electron chi connectivity index (χ0n) is 13.0. The molecule has 124 valence electrons. The van der Waals surface area contributed by atoms with Crippen LogP contribution >= 0.6 is 23.4 Å². The highest BCUT2D eigenvalue weighted by atomic mass is 35.5. The topological polar surface area (TPSA) is 56.8 Å². The van der Waals surface area contributed by atoms with E-state index in [9.17, 15) is 0 Å². The van der Waals surface area contributed by atoms with Crippen LogP contribution in [0.25, 0.3) is 22.2 Å². The van der Waals surface area contributed by atoms with Crippen LogP contribution in [0.1, 0.15) is 12.8 Å². The summed E-state index contributed by atoms with van der Waals surface area (Å²) in [5.74, 6) is 0.604. The Labute approximate surface area is 150 Å². The van der Waals surface area contributed by atoms with Crippen LogP contribution in [-0.2, 0) is 0 Å². The van der Waals surface area contributed by atoms with Crippen molar-refractivity contribution in [3.8, 4) is 11.3 Å². The summed E-state index contributed by atoms with van der Waals surface area (Å²) in [5, 5.41) is 5.04. The molecule has 0 saturated carbocycles. The number of nitrogens with one attached hydrogen (secondary N) is 2. The monoisotopic (exact) mass is 361 g/mol. The summed E-state index contributed by atoms with van der Waals surface area (Å²) in [7, 11) is 0. The van der Waals surface area contributed by atoms with Crippen molar-refractivity contribution in [2.45, 2.75) is 18.9 Å². The SMILES string of the molecule is Clc1cnc(NC2CCN(Cl)CC2)nc1-c1c[nH]c2ccccc12. The third-order valence-corrected chi connectivity index (χ3v) is 4.98. The van der Waals surface area contributed by atoms with E-state index in [0.717, 1.165) is 48.1 Å². The van der Waals surface area contributed by atoms with Crippen LogP contribution in [0.3, 0.4) is 0 Å². The van der Waals surface area contributed by atoms with Crippen LogP contribution in [-0.4, -0.2) is 38.5 Å². The van der Waals surface area contributed by atoms with Gasteiger partial charge in [-0.25, -0.2) is 14.4 Å². The van der Waals surface area contributed by atoms with E-state index < -0.39 is 0 Å². The van der Waals surface area contributed by atoms with Gasteiger partial charge in [-0.15, -0.1) is 0 Å². The number of halogens is 2. The average Bonchev–Trinajstić information content (AvgIpc) is 3.03. The van der Waals surface area contributed by atoms with E-state index in [1.54, 1.807) is 6.20 Å². The van der Waals surface area contributed by atoms with Gasteiger partial charge < -0.3 is 10.3 Å². The molecule has 0 spiro atoms. The van der Waals surface area contributed by atoms with E-state index in [-0.39, 0.29) is 0 Å². The molecule has 24 heavy (non-hydrogen) atoms. The highest BCUT2D eigenvalue weighted by Gasteiger charge is 2.19. The molecule has 1 aliphatic heterocycles. The lowest BCUT2D eigenvalue weighted by Gasteiger charge is -2.27. The fourth-order valence-corrected chi connectivity index (χ4v) is 3.46. The normalized spacial score (nSPS) is 16.6. The summed E-state index contributed by atoms with van der Waals surface area (Å²) < 4.78 is 1.82. The summed E-state index contributed by atoms with van der Waals surface area (Å²) in [6.07, 6.45) is 5.54. The first-order valence-electron chi connectivity index (χ1n) is 7.97. The van der Waals surface area contributed by atoms with Gasteiger partial charge in [0.15, 0.2) is 0 Å². The van der Waals surface area contributed by atoms with E-state index in [4.69, 9.17) is 23.4 Å². The highest BCUT2D eigenvalue weighted by Crippen LogP contribution is 2.32. The molecule has 3 heterocycles. The number of rotatable bonds is 3. The minimum absolute atomic E-state index is 0.331. The fourth-order valence-electron chi connectivity index (χ4n) is 3.07. The fraction of sp³-hybridized carbons (Fsp3) is 0.294. The van der Waals surface area contributed by atoms with Gasteiger partial charge in [-0.05, 0) is 30.7 Å². The van der Waals surface area contributed by atoms with Crippen LogP contribution < -0.4 is 5.32 Å². The van der Waals surface area contributed by atoms with Crippen molar-refractivity contribution < 1.29 is 0 Å². The summed E-state index contributed by atoms with van der Waals surface area (Å²) >= 11 is 12.4. The van der Waals surface area contributed by atoms with Gasteiger partial charge in [-0.1, -0.05) is 29.8 Å². The maximum Gasteiger partial charge on any atom is 0.223 e. The van der Waals surface area contributed by atoms with Crippen LogP contribution in [0, 0.1) is 0 Å². The number of para-hydroxylation sites is 1. The summed E-state index contributed by atoms with van der Waals surface area (Å²) in [5.41, 5.74) is 2.78. The Morgan fingerprint density at radius 2 is 2.00 bits per heavy atom. The van der Waals surface area contributed by atoms with E-state index in [1.807, 2.05) is 28.8 Å². The molecule has 4 rings (SSSR count). The van der Waals surface area contributed by atoms with Gasteiger partial charge in [0, 0.05) is 41.8 Å². The second-order valence-electron chi connectivity index (χ2n) is 5.97. The third kappa shape index (κ3) is 3.07. The predicted octanol–water partition coefficient (Wildman–Crippen LogP) is 4.31. The minimum atomic E-state index is 0.331. The van der Waals surface area contributed by atoms with Crippen LogP contribution in [0.4, 0.5) is 5.95 Å². The van der Waals surface area contributed by atoms with E-state index in [2.05, 4.69) is 26.3 Å². The molecule has 2 N–H and O–H groups in total. The molecule has 2 aromatic heterocycles. The zero-order valence-corrected chi connectivity index (χ0v) is 14.5. The van der Waals surface area contributed by atoms with E-state index in [1.165, 1.54) is 0 Å². The van der Waals surface area contributed by atoms with Gasteiger partial charge in [0.2, 0.25) is 5.95 Å². The van der Waals surface area contributed by atoms with Crippen molar-refractivity contribution in [3.63, 3.8) is 0 Å². The second-order valence-corrected chi connectivity index (χ2v) is 6.85. The zero-order chi connectivity index (χ0) is 16.5. The molecular weight excluding hydrogens is 345 g/mol. The number of H-pyrrole nitrogens is 1. The molecule has 0 unspecified atom stereocenters. The van der Waals surface area contributed by atoms with Crippen molar-refractivity contribution in [2.75, 3.05) is 18.4 Å². The Morgan fingerprint density at radius 3 is 2.83 bits per heavy atom. The number of anilines is 1. The first kappa shape index (κ1) is 15.7. The molecule has 1 aromatic carbocycles. The van der Waals surface area contributed by atoms with Crippen LogP contribution in [0.5, 0.6) is 0 Å². The van der Waals surface area contributed by atoms with Crippen molar-refractivity contribution in [3.05, 3.63) is 41.7 Å². The Hall–Kier alpha value is -1.82. The Balaban J connectivity index is 1.64. The standard InChI is InChI=1S/C17H17Cl2N5/c18-14-10-21-17(22-11-5-7-24(19)8-6-11)23-16(14)13-9-20-15-4-2-1-3-12(13)15/h1-4,9-11,20H,5-8H2,(H,21,22,23).